The molecule has 86 valence electrons. The van der Waals surface area contributed by atoms with Gasteiger partial charge in [0.05, 0.1) is 11.7 Å². The van der Waals surface area contributed by atoms with Crippen LogP contribution in [0.5, 0.6) is 0 Å². The fourth-order valence-corrected chi connectivity index (χ4v) is 1.44. The molecule has 3 N–H and O–H groups in total. The van der Waals surface area contributed by atoms with Crippen molar-refractivity contribution in [1.82, 2.24) is 5.32 Å². The molecule has 0 aromatic heterocycles. The highest BCUT2D eigenvalue weighted by Crippen LogP contribution is 2.04. The molecular weight excluding hydrogens is 225 g/mol. The van der Waals surface area contributed by atoms with Gasteiger partial charge in [-0.25, -0.2) is 0 Å². The quantitative estimate of drug-likeness (QED) is 0.419. The second kappa shape index (κ2) is 6.57. The first-order chi connectivity index (χ1) is 7.63. The number of benzene rings is 1. The number of hydrogen-bond donors (Lipinski definition) is 4. The highest BCUT2D eigenvalue weighted by molar-refractivity contribution is 7.81. The molecule has 0 bridgehead atoms. The van der Waals surface area contributed by atoms with Crippen molar-refractivity contribution >= 4 is 25.7 Å². The van der Waals surface area contributed by atoms with E-state index in [2.05, 4.69) is 17.9 Å². The molecule has 0 aliphatic carbocycles. The molecular formula is C10H14BNO3S. The zero-order chi connectivity index (χ0) is 12.0. The Balaban J connectivity index is 2.62. The van der Waals surface area contributed by atoms with Gasteiger partial charge in [-0.2, -0.15) is 12.6 Å². The van der Waals surface area contributed by atoms with Crippen LogP contribution in [0.4, 0.5) is 0 Å². The van der Waals surface area contributed by atoms with Gasteiger partial charge in [0.2, 0.25) is 5.91 Å². The minimum Gasteiger partial charge on any atom is -0.426 e. The predicted octanol–water partition coefficient (Wildman–Crippen LogP) is -0.344. The van der Waals surface area contributed by atoms with Crippen LogP contribution in [0.25, 0.3) is 0 Å². The molecule has 0 unspecified atom stereocenters. The molecule has 0 aliphatic heterocycles. The lowest BCUT2D eigenvalue weighted by atomic mass is 9.76. The van der Waals surface area contributed by atoms with E-state index in [1.807, 2.05) is 30.3 Å². The van der Waals surface area contributed by atoms with E-state index in [1.165, 1.54) is 0 Å². The van der Waals surface area contributed by atoms with E-state index in [-0.39, 0.29) is 11.7 Å². The van der Waals surface area contributed by atoms with Crippen LogP contribution in [0.15, 0.2) is 30.3 Å². The van der Waals surface area contributed by atoms with Crippen molar-refractivity contribution in [3.8, 4) is 0 Å². The number of carbonyl (C=O) groups excluding carboxylic acids is 1. The molecule has 0 saturated carbocycles. The lowest BCUT2D eigenvalue weighted by Gasteiger charge is -2.17. The van der Waals surface area contributed by atoms with Gasteiger partial charge in [0.25, 0.3) is 0 Å². The van der Waals surface area contributed by atoms with E-state index in [4.69, 9.17) is 10.0 Å². The maximum Gasteiger partial charge on any atom is 0.475 e. The molecule has 4 nitrogen and oxygen atoms in total. The van der Waals surface area contributed by atoms with Crippen LogP contribution in [0.2, 0.25) is 0 Å². The molecule has 0 spiro atoms. The van der Waals surface area contributed by atoms with Crippen LogP contribution in [0, 0.1) is 0 Å². The summed E-state index contributed by atoms with van der Waals surface area (Å²) in [5.41, 5.74) is 0.931. The van der Waals surface area contributed by atoms with Gasteiger partial charge >= 0.3 is 7.12 Å². The van der Waals surface area contributed by atoms with Crippen LogP contribution < -0.4 is 5.32 Å². The first-order valence-electron chi connectivity index (χ1n) is 4.93. The van der Waals surface area contributed by atoms with Gasteiger partial charge in [0.15, 0.2) is 0 Å². The summed E-state index contributed by atoms with van der Waals surface area (Å²) in [5, 5.41) is 20.8. The third kappa shape index (κ3) is 4.26. The topological polar surface area (TPSA) is 69.6 Å². The van der Waals surface area contributed by atoms with Crippen LogP contribution in [-0.4, -0.2) is 34.8 Å². The summed E-state index contributed by atoms with van der Waals surface area (Å²) in [6.07, 6.45) is 0.373. The van der Waals surface area contributed by atoms with Gasteiger partial charge in [0, 0.05) is 0 Å². The van der Waals surface area contributed by atoms with Crippen LogP contribution in [0.3, 0.4) is 0 Å². The minimum atomic E-state index is -1.58. The third-order valence-electron chi connectivity index (χ3n) is 2.15. The molecule has 0 saturated heterocycles. The average Bonchev–Trinajstić information content (AvgIpc) is 2.29. The molecule has 1 atom stereocenters. The fourth-order valence-electron chi connectivity index (χ4n) is 1.35. The highest BCUT2D eigenvalue weighted by atomic mass is 32.1. The average molecular weight is 239 g/mol. The number of amides is 1. The zero-order valence-corrected chi connectivity index (χ0v) is 9.60. The van der Waals surface area contributed by atoms with E-state index in [0.29, 0.717) is 6.42 Å². The Kier molecular flexibility index (Phi) is 5.38. The standard InChI is InChI=1S/C10H14BNO3S/c13-10(7-16)12-9(11(14)15)6-8-4-2-1-3-5-8/h1-5,9,14-16H,6-7H2,(H,12,13)/t9-/m0/s1. The maximum absolute atomic E-state index is 11.1. The lowest BCUT2D eigenvalue weighted by Crippen LogP contribution is -2.48. The number of rotatable bonds is 5. The van der Waals surface area contributed by atoms with E-state index < -0.39 is 13.1 Å². The van der Waals surface area contributed by atoms with Crippen molar-refractivity contribution in [1.29, 1.82) is 0 Å². The summed E-state index contributed by atoms with van der Waals surface area (Å²) < 4.78 is 0. The molecule has 16 heavy (non-hydrogen) atoms. The molecule has 0 aliphatic rings. The molecule has 0 heterocycles. The smallest absolute Gasteiger partial charge is 0.426 e. The van der Waals surface area contributed by atoms with Crippen molar-refractivity contribution < 1.29 is 14.8 Å². The monoisotopic (exact) mass is 239 g/mol. The van der Waals surface area contributed by atoms with Crippen molar-refractivity contribution in [2.75, 3.05) is 5.75 Å². The van der Waals surface area contributed by atoms with Gasteiger partial charge in [0.1, 0.15) is 0 Å². The van der Waals surface area contributed by atoms with Gasteiger partial charge in [-0.15, -0.1) is 0 Å². The summed E-state index contributed by atoms with van der Waals surface area (Å²) in [5.74, 6) is -1.00. The summed E-state index contributed by atoms with van der Waals surface area (Å²) in [4.78, 5) is 11.1. The van der Waals surface area contributed by atoms with Crippen molar-refractivity contribution in [3.05, 3.63) is 35.9 Å². The van der Waals surface area contributed by atoms with Crippen molar-refractivity contribution in [2.45, 2.75) is 12.4 Å². The highest BCUT2D eigenvalue weighted by Gasteiger charge is 2.24. The normalized spacial score (nSPS) is 11.9. The second-order valence-electron chi connectivity index (χ2n) is 3.44. The molecule has 1 aromatic rings. The lowest BCUT2D eigenvalue weighted by molar-refractivity contribution is -0.118. The van der Waals surface area contributed by atoms with E-state index in [0.717, 1.165) is 5.56 Å². The second-order valence-corrected chi connectivity index (χ2v) is 3.75. The predicted molar refractivity (Wildman–Crippen MR) is 66.1 cm³/mol. The molecule has 1 amide bonds. The Morgan fingerprint density at radius 3 is 2.50 bits per heavy atom. The first-order valence-corrected chi connectivity index (χ1v) is 5.57. The SMILES string of the molecule is O=C(CS)N[C@@H](Cc1ccccc1)B(O)O. The number of hydrogen-bond acceptors (Lipinski definition) is 4. The zero-order valence-electron chi connectivity index (χ0n) is 8.71. The Hall–Kier alpha value is -0.975. The minimum absolute atomic E-state index is 0.0258. The first kappa shape index (κ1) is 13.1. The maximum atomic E-state index is 11.1. The van der Waals surface area contributed by atoms with E-state index in [1.54, 1.807) is 0 Å². The summed E-state index contributed by atoms with van der Waals surface area (Å²) >= 11 is 3.81. The Morgan fingerprint density at radius 2 is 2.00 bits per heavy atom. The van der Waals surface area contributed by atoms with Crippen molar-refractivity contribution in [2.24, 2.45) is 0 Å². The van der Waals surface area contributed by atoms with E-state index >= 15 is 0 Å². The van der Waals surface area contributed by atoms with E-state index in [9.17, 15) is 4.79 Å². The molecule has 1 rings (SSSR count). The Morgan fingerprint density at radius 1 is 1.38 bits per heavy atom. The van der Waals surface area contributed by atoms with Crippen molar-refractivity contribution in [3.63, 3.8) is 0 Å². The van der Waals surface area contributed by atoms with Crippen LogP contribution in [0.1, 0.15) is 5.56 Å². The van der Waals surface area contributed by atoms with Crippen LogP contribution in [-0.2, 0) is 11.2 Å². The Labute approximate surface area is 100 Å². The summed E-state index contributed by atoms with van der Waals surface area (Å²) in [7, 11) is -1.58. The molecule has 6 heteroatoms. The number of thiol groups is 1. The third-order valence-corrected chi connectivity index (χ3v) is 2.44. The molecule has 1 aromatic carbocycles. The summed E-state index contributed by atoms with van der Waals surface area (Å²) in [6, 6.07) is 9.32. The van der Waals surface area contributed by atoms with Gasteiger partial charge in [-0.1, -0.05) is 30.3 Å². The van der Waals surface area contributed by atoms with Gasteiger partial charge < -0.3 is 15.4 Å². The fraction of sp³-hybridized carbons (Fsp3) is 0.300. The van der Waals surface area contributed by atoms with Gasteiger partial charge in [-0.05, 0) is 12.0 Å². The Bertz CT molecular complexity index is 334. The summed E-state index contributed by atoms with van der Waals surface area (Å²) in [6.45, 7) is 0. The van der Waals surface area contributed by atoms with Crippen LogP contribution >= 0.6 is 12.6 Å². The largest absolute Gasteiger partial charge is 0.475 e. The molecule has 0 fully saturated rings. The molecule has 0 radical (unpaired) electrons. The van der Waals surface area contributed by atoms with Gasteiger partial charge in [-0.3, -0.25) is 4.79 Å². The number of nitrogens with one attached hydrogen (secondary N) is 1. The number of carbonyl (C=O) groups is 1.